The minimum absolute atomic E-state index is 0.312. The third-order valence-electron chi connectivity index (χ3n) is 1.94. The highest BCUT2D eigenvalue weighted by atomic mass is 15.3. The van der Waals surface area contributed by atoms with Crippen molar-refractivity contribution in [1.82, 2.24) is 5.43 Å². The fraction of sp³-hybridized carbons (Fsp3) is 0.500. The fourth-order valence-electron chi connectivity index (χ4n) is 0.990. The molecule has 3 N–H and O–H groups in total. The van der Waals surface area contributed by atoms with E-state index in [1.54, 1.807) is 13.3 Å². The average molecular weight is 222 g/mol. The van der Waals surface area contributed by atoms with Gasteiger partial charge in [-0.3, -0.25) is 4.99 Å². The first-order valence-electron chi connectivity index (χ1n) is 5.36. The van der Waals surface area contributed by atoms with Gasteiger partial charge < -0.3 is 5.73 Å². The molecule has 0 amide bonds. The maximum atomic E-state index is 5.40. The molecule has 16 heavy (non-hydrogen) atoms. The molecule has 0 spiro atoms. The van der Waals surface area contributed by atoms with E-state index in [0.29, 0.717) is 5.96 Å². The molecule has 4 nitrogen and oxygen atoms in total. The van der Waals surface area contributed by atoms with E-state index in [1.807, 2.05) is 6.08 Å². The molecule has 0 radical (unpaired) electrons. The van der Waals surface area contributed by atoms with Crippen LogP contribution in [0.5, 0.6) is 0 Å². The maximum absolute atomic E-state index is 5.40. The van der Waals surface area contributed by atoms with Crippen molar-refractivity contribution < 1.29 is 0 Å². The number of nitrogens with one attached hydrogen (secondary N) is 1. The molecule has 0 saturated heterocycles. The van der Waals surface area contributed by atoms with E-state index in [1.165, 1.54) is 11.1 Å². The SMILES string of the molecule is CN=C(N)N/N=C/C=C(\C)CCC=C(C)C. The van der Waals surface area contributed by atoms with E-state index < -0.39 is 0 Å². The molecular weight excluding hydrogens is 200 g/mol. The molecule has 0 aromatic carbocycles. The van der Waals surface area contributed by atoms with Crippen LogP contribution in [-0.4, -0.2) is 19.2 Å². The second-order valence-electron chi connectivity index (χ2n) is 3.83. The average Bonchev–Trinajstić information content (AvgIpc) is 2.23. The molecule has 0 aliphatic carbocycles. The van der Waals surface area contributed by atoms with Gasteiger partial charge in [-0.1, -0.05) is 17.2 Å². The summed E-state index contributed by atoms with van der Waals surface area (Å²) in [6.45, 7) is 6.30. The van der Waals surface area contributed by atoms with Gasteiger partial charge in [-0.25, -0.2) is 5.43 Å². The largest absolute Gasteiger partial charge is 0.369 e. The van der Waals surface area contributed by atoms with Gasteiger partial charge in [0.05, 0.1) is 0 Å². The topological polar surface area (TPSA) is 62.8 Å². The van der Waals surface area contributed by atoms with Crippen molar-refractivity contribution >= 4 is 12.2 Å². The maximum Gasteiger partial charge on any atom is 0.209 e. The number of aliphatic imine (C=N–C) groups is 1. The summed E-state index contributed by atoms with van der Waals surface area (Å²) in [6, 6.07) is 0. The van der Waals surface area contributed by atoms with Crippen LogP contribution < -0.4 is 11.2 Å². The zero-order chi connectivity index (χ0) is 12.4. The van der Waals surface area contributed by atoms with Crippen molar-refractivity contribution in [2.24, 2.45) is 15.8 Å². The number of hydrazone groups is 1. The lowest BCUT2D eigenvalue weighted by atomic mass is 10.1. The first-order chi connectivity index (χ1) is 7.56. The van der Waals surface area contributed by atoms with Crippen LogP contribution in [0.1, 0.15) is 33.6 Å². The predicted octanol–water partition coefficient (Wildman–Crippen LogP) is 2.20. The summed E-state index contributed by atoms with van der Waals surface area (Å²) in [7, 11) is 1.61. The first-order valence-corrected chi connectivity index (χ1v) is 5.36. The molecule has 0 aliphatic rings. The van der Waals surface area contributed by atoms with Crippen LogP contribution >= 0.6 is 0 Å². The highest BCUT2D eigenvalue weighted by Gasteiger charge is 1.87. The summed E-state index contributed by atoms with van der Waals surface area (Å²) in [5.74, 6) is 0.312. The van der Waals surface area contributed by atoms with Crippen LogP contribution in [0.3, 0.4) is 0 Å². The van der Waals surface area contributed by atoms with E-state index in [4.69, 9.17) is 5.73 Å². The number of hydrogen-bond donors (Lipinski definition) is 2. The van der Waals surface area contributed by atoms with Crippen LogP contribution in [0.25, 0.3) is 0 Å². The number of hydrogen-bond acceptors (Lipinski definition) is 2. The van der Waals surface area contributed by atoms with Crippen LogP contribution in [0, 0.1) is 0 Å². The van der Waals surface area contributed by atoms with Gasteiger partial charge in [0.1, 0.15) is 0 Å². The molecule has 0 rings (SSSR count). The number of allylic oxidation sites excluding steroid dienone is 4. The van der Waals surface area contributed by atoms with E-state index in [0.717, 1.165) is 12.8 Å². The molecule has 0 fully saturated rings. The number of rotatable bonds is 5. The number of guanidine groups is 1. The Morgan fingerprint density at radius 3 is 2.56 bits per heavy atom. The van der Waals surface area contributed by atoms with Gasteiger partial charge in [-0.15, -0.1) is 0 Å². The Labute approximate surface area is 98.0 Å². The number of nitrogens with two attached hydrogens (primary N) is 1. The summed E-state index contributed by atoms with van der Waals surface area (Å²) >= 11 is 0. The lowest BCUT2D eigenvalue weighted by Gasteiger charge is -1.97. The van der Waals surface area contributed by atoms with Crippen molar-refractivity contribution in [1.29, 1.82) is 0 Å². The third kappa shape index (κ3) is 8.99. The fourth-order valence-corrected chi connectivity index (χ4v) is 0.990. The number of nitrogens with zero attached hydrogens (tertiary/aromatic N) is 2. The van der Waals surface area contributed by atoms with Gasteiger partial charge in [0.25, 0.3) is 0 Å². The smallest absolute Gasteiger partial charge is 0.209 e. The Kier molecular flexibility index (Phi) is 7.85. The Morgan fingerprint density at radius 1 is 1.31 bits per heavy atom. The molecule has 0 bridgehead atoms. The second-order valence-corrected chi connectivity index (χ2v) is 3.83. The molecule has 0 aromatic rings. The van der Waals surface area contributed by atoms with Crippen molar-refractivity contribution in [3.8, 4) is 0 Å². The van der Waals surface area contributed by atoms with Gasteiger partial charge in [0, 0.05) is 13.3 Å². The normalized spacial score (nSPS) is 13.0. The highest BCUT2D eigenvalue weighted by Crippen LogP contribution is 2.05. The predicted molar refractivity (Wildman–Crippen MR) is 71.6 cm³/mol. The molecular formula is C12H22N4. The molecule has 0 atom stereocenters. The quantitative estimate of drug-likeness (QED) is 0.324. The monoisotopic (exact) mass is 222 g/mol. The van der Waals surface area contributed by atoms with Gasteiger partial charge in [-0.05, 0) is 39.7 Å². The van der Waals surface area contributed by atoms with Crippen LogP contribution in [0.15, 0.2) is 33.4 Å². The third-order valence-corrected chi connectivity index (χ3v) is 1.94. The molecule has 0 aromatic heterocycles. The molecule has 0 heterocycles. The van der Waals surface area contributed by atoms with E-state index in [9.17, 15) is 0 Å². The van der Waals surface area contributed by atoms with Crippen molar-refractivity contribution in [2.75, 3.05) is 7.05 Å². The van der Waals surface area contributed by atoms with Crippen LogP contribution in [0.4, 0.5) is 0 Å². The Balaban J connectivity index is 3.91. The second kappa shape index (κ2) is 8.71. The van der Waals surface area contributed by atoms with E-state index in [-0.39, 0.29) is 0 Å². The van der Waals surface area contributed by atoms with Crippen LogP contribution in [0.2, 0.25) is 0 Å². The molecule has 0 aliphatic heterocycles. The van der Waals surface area contributed by atoms with E-state index >= 15 is 0 Å². The van der Waals surface area contributed by atoms with Gasteiger partial charge >= 0.3 is 0 Å². The molecule has 0 unspecified atom stereocenters. The molecule has 4 heteroatoms. The zero-order valence-corrected chi connectivity index (χ0v) is 10.6. The van der Waals surface area contributed by atoms with Crippen LogP contribution in [-0.2, 0) is 0 Å². The van der Waals surface area contributed by atoms with E-state index in [2.05, 4.69) is 42.4 Å². The van der Waals surface area contributed by atoms with Gasteiger partial charge in [0.15, 0.2) is 0 Å². The lowest BCUT2D eigenvalue weighted by Crippen LogP contribution is -2.26. The summed E-state index contributed by atoms with van der Waals surface area (Å²) < 4.78 is 0. The zero-order valence-electron chi connectivity index (χ0n) is 10.6. The minimum atomic E-state index is 0.312. The minimum Gasteiger partial charge on any atom is -0.369 e. The lowest BCUT2D eigenvalue weighted by molar-refractivity contribution is 0.967. The first kappa shape index (κ1) is 14.4. The Bertz CT molecular complexity index is 307. The molecule has 90 valence electrons. The van der Waals surface area contributed by atoms with Crippen molar-refractivity contribution in [2.45, 2.75) is 33.6 Å². The summed E-state index contributed by atoms with van der Waals surface area (Å²) in [4.78, 5) is 3.72. The standard InChI is InChI=1S/C12H22N4/c1-10(2)6-5-7-11(3)8-9-15-16-12(13)14-4/h6,8-9H,5,7H2,1-4H3,(H3,13,14,16)/b11-8+,15-9+. The summed E-state index contributed by atoms with van der Waals surface area (Å²) in [5.41, 5.74) is 10.6. The molecule has 0 saturated carbocycles. The van der Waals surface area contributed by atoms with Gasteiger partial charge in [-0.2, -0.15) is 5.10 Å². The highest BCUT2D eigenvalue weighted by molar-refractivity contribution is 5.79. The Hall–Kier alpha value is -1.58. The Morgan fingerprint density at radius 2 is 2.00 bits per heavy atom. The van der Waals surface area contributed by atoms with Gasteiger partial charge in [0.2, 0.25) is 5.96 Å². The summed E-state index contributed by atoms with van der Waals surface area (Å²) in [6.07, 6.45) is 8.01. The van der Waals surface area contributed by atoms with Crippen molar-refractivity contribution in [3.63, 3.8) is 0 Å². The van der Waals surface area contributed by atoms with Crippen molar-refractivity contribution in [3.05, 3.63) is 23.3 Å². The summed E-state index contributed by atoms with van der Waals surface area (Å²) in [5, 5.41) is 3.90.